The average molecular weight is 295 g/mol. The Morgan fingerprint density at radius 2 is 2.00 bits per heavy atom. The maximum absolute atomic E-state index is 12.9. The summed E-state index contributed by atoms with van der Waals surface area (Å²) in [6.07, 6.45) is 5.09. The largest absolute Gasteiger partial charge is 0.379 e. The first kappa shape index (κ1) is 15.3. The van der Waals surface area contributed by atoms with Crippen molar-refractivity contribution in [3.8, 4) is 0 Å². The summed E-state index contributed by atoms with van der Waals surface area (Å²) in [6, 6.07) is 0.502. The molecule has 3 fully saturated rings. The van der Waals surface area contributed by atoms with Crippen LogP contribution in [0.4, 0.5) is 0 Å². The van der Waals surface area contributed by atoms with Gasteiger partial charge in [-0.2, -0.15) is 0 Å². The van der Waals surface area contributed by atoms with Crippen LogP contribution in [0.5, 0.6) is 0 Å². The molecule has 2 aliphatic heterocycles. The SMILES string of the molecule is CC1CCCC(N)(C(=O)N2CCC(N3CCOCC3)C2)C1. The molecule has 0 aromatic heterocycles. The Morgan fingerprint density at radius 3 is 2.71 bits per heavy atom. The lowest BCUT2D eigenvalue weighted by Crippen LogP contribution is -2.57. The highest BCUT2D eigenvalue weighted by molar-refractivity contribution is 5.86. The van der Waals surface area contributed by atoms with Gasteiger partial charge in [0.2, 0.25) is 5.91 Å². The summed E-state index contributed by atoms with van der Waals surface area (Å²) in [5.41, 5.74) is 5.87. The second-order valence-electron chi connectivity index (χ2n) is 7.20. The Labute approximate surface area is 127 Å². The van der Waals surface area contributed by atoms with Gasteiger partial charge in [0.25, 0.3) is 0 Å². The Bertz CT molecular complexity index is 384. The van der Waals surface area contributed by atoms with Crippen LogP contribution in [0.2, 0.25) is 0 Å². The second-order valence-corrected chi connectivity index (χ2v) is 7.20. The molecule has 21 heavy (non-hydrogen) atoms. The standard InChI is InChI=1S/C16H29N3O2/c1-13-3-2-5-16(17,11-13)15(20)19-6-4-14(12-19)18-7-9-21-10-8-18/h13-14H,2-12,17H2,1H3. The van der Waals surface area contributed by atoms with Gasteiger partial charge in [-0.3, -0.25) is 9.69 Å². The fourth-order valence-corrected chi connectivity index (χ4v) is 4.27. The summed E-state index contributed by atoms with van der Waals surface area (Å²) < 4.78 is 5.41. The Morgan fingerprint density at radius 1 is 1.24 bits per heavy atom. The van der Waals surface area contributed by atoms with Crippen LogP contribution in [-0.4, -0.2) is 66.7 Å². The van der Waals surface area contributed by atoms with Crippen molar-refractivity contribution in [2.24, 2.45) is 11.7 Å². The number of ether oxygens (including phenoxy) is 1. The van der Waals surface area contributed by atoms with E-state index in [1.807, 2.05) is 4.90 Å². The molecule has 5 heteroatoms. The zero-order valence-corrected chi connectivity index (χ0v) is 13.2. The molecule has 120 valence electrons. The highest BCUT2D eigenvalue weighted by Gasteiger charge is 2.43. The van der Waals surface area contributed by atoms with Crippen LogP contribution in [0.1, 0.15) is 39.0 Å². The predicted molar refractivity (Wildman–Crippen MR) is 81.9 cm³/mol. The maximum atomic E-state index is 12.9. The molecule has 3 atom stereocenters. The van der Waals surface area contributed by atoms with Gasteiger partial charge in [0.05, 0.1) is 18.8 Å². The van der Waals surface area contributed by atoms with E-state index < -0.39 is 5.54 Å². The number of carbonyl (C=O) groups is 1. The van der Waals surface area contributed by atoms with Crippen LogP contribution in [0, 0.1) is 5.92 Å². The quantitative estimate of drug-likeness (QED) is 0.820. The molecule has 0 spiro atoms. The van der Waals surface area contributed by atoms with E-state index >= 15 is 0 Å². The molecular formula is C16H29N3O2. The molecule has 0 bridgehead atoms. The number of rotatable bonds is 2. The van der Waals surface area contributed by atoms with Crippen molar-refractivity contribution in [3.63, 3.8) is 0 Å². The molecule has 2 heterocycles. The zero-order valence-electron chi connectivity index (χ0n) is 13.2. The van der Waals surface area contributed by atoms with E-state index in [4.69, 9.17) is 10.5 Å². The lowest BCUT2D eigenvalue weighted by Gasteiger charge is -2.38. The second kappa shape index (κ2) is 6.23. The van der Waals surface area contributed by atoms with E-state index in [1.54, 1.807) is 0 Å². The molecular weight excluding hydrogens is 266 g/mol. The number of hydrogen-bond donors (Lipinski definition) is 1. The first-order valence-corrected chi connectivity index (χ1v) is 8.48. The molecule has 0 radical (unpaired) electrons. The summed E-state index contributed by atoms with van der Waals surface area (Å²) in [4.78, 5) is 17.4. The Kier molecular flexibility index (Phi) is 4.52. The summed E-state index contributed by atoms with van der Waals surface area (Å²) in [5.74, 6) is 0.773. The summed E-state index contributed by atoms with van der Waals surface area (Å²) in [6.45, 7) is 7.58. The molecule has 1 saturated carbocycles. The molecule has 0 aromatic carbocycles. The summed E-state index contributed by atoms with van der Waals surface area (Å²) in [7, 11) is 0. The Balaban J connectivity index is 1.58. The number of nitrogens with two attached hydrogens (primary N) is 1. The minimum Gasteiger partial charge on any atom is -0.379 e. The van der Waals surface area contributed by atoms with E-state index in [0.29, 0.717) is 12.0 Å². The van der Waals surface area contributed by atoms with Crippen molar-refractivity contribution < 1.29 is 9.53 Å². The maximum Gasteiger partial charge on any atom is 0.242 e. The van der Waals surface area contributed by atoms with Crippen LogP contribution in [-0.2, 0) is 9.53 Å². The third kappa shape index (κ3) is 3.25. The van der Waals surface area contributed by atoms with Crippen molar-refractivity contribution in [1.82, 2.24) is 9.80 Å². The van der Waals surface area contributed by atoms with Gasteiger partial charge >= 0.3 is 0 Å². The van der Waals surface area contributed by atoms with Crippen LogP contribution in [0.15, 0.2) is 0 Å². The fraction of sp³-hybridized carbons (Fsp3) is 0.938. The smallest absolute Gasteiger partial charge is 0.242 e. The third-order valence-electron chi connectivity index (χ3n) is 5.47. The molecule has 2 N–H and O–H groups in total. The van der Waals surface area contributed by atoms with Gasteiger partial charge in [-0.15, -0.1) is 0 Å². The minimum atomic E-state index is -0.600. The van der Waals surface area contributed by atoms with Gasteiger partial charge in [-0.1, -0.05) is 19.8 Å². The third-order valence-corrected chi connectivity index (χ3v) is 5.47. The van der Waals surface area contributed by atoms with Gasteiger partial charge in [0, 0.05) is 32.2 Å². The average Bonchev–Trinajstić information content (AvgIpc) is 2.97. The monoisotopic (exact) mass is 295 g/mol. The number of hydrogen-bond acceptors (Lipinski definition) is 4. The number of nitrogens with zero attached hydrogens (tertiary/aromatic N) is 2. The molecule has 3 rings (SSSR count). The topological polar surface area (TPSA) is 58.8 Å². The van der Waals surface area contributed by atoms with E-state index in [2.05, 4.69) is 11.8 Å². The number of likely N-dealkylation sites (tertiary alicyclic amines) is 1. The van der Waals surface area contributed by atoms with Crippen molar-refractivity contribution in [2.75, 3.05) is 39.4 Å². The normalized spacial score (nSPS) is 38.7. The van der Waals surface area contributed by atoms with E-state index in [9.17, 15) is 4.79 Å². The van der Waals surface area contributed by atoms with Crippen molar-refractivity contribution >= 4 is 5.91 Å². The fourth-order valence-electron chi connectivity index (χ4n) is 4.27. The highest BCUT2D eigenvalue weighted by atomic mass is 16.5. The minimum absolute atomic E-state index is 0.199. The predicted octanol–water partition coefficient (Wildman–Crippen LogP) is 0.827. The number of carbonyl (C=O) groups excluding carboxylic acids is 1. The van der Waals surface area contributed by atoms with Gasteiger partial charge in [0.1, 0.15) is 0 Å². The molecule has 5 nitrogen and oxygen atoms in total. The van der Waals surface area contributed by atoms with E-state index in [0.717, 1.165) is 65.1 Å². The van der Waals surface area contributed by atoms with Gasteiger partial charge < -0.3 is 15.4 Å². The van der Waals surface area contributed by atoms with E-state index in [1.165, 1.54) is 6.42 Å². The van der Waals surface area contributed by atoms with Crippen LogP contribution >= 0.6 is 0 Å². The van der Waals surface area contributed by atoms with Crippen LogP contribution < -0.4 is 5.73 Å². The summed E-state index contributed by atoms with van der Waals surface area (Å²) >= 11 is 0. The van der Waals surface area contributed by atoms with Crippen molar-refractivity contribution in [3.05, 3.63) is 0 Å². The molecule has 0 aromatic rings. The van der Waals surface area contributed by atoms with Crippen molar-refractivity contribution in [2.45, 2.75) is 50.6 Å². The molecule has 3 unspecified atom stereocenters. The zero-order chi connectivity index (χ0) is 14.9. The lowest BCUT2D eigenvalue weighted by molar-refractivity contribution is -0.138. The van der Waals surface area contributed by atoms with Gasteiger partial charge in [-0.05, 0) is 25.2 Å². The van der Waals surface area contributed by atoms with E-state index in [-0.39, 0.29) is 5.91 Å². The van der Waals surface area contributed by atoms with Crippen LogP contribution in [0.3, 0.4) is 0 Å². The molecule has 1 aliphatic carbocycles. The van der Waals surface area contributed by atoms with Crippen molar-refractivity contribution in [1.29, 1.82) is 0 Å². The lowest BCUT2D eigenvalue weighted by atomic mass is 9.76. The molecule has 2 saturated heterocycles. The number of morpholine rings is 1. The Hall–Kier alpha value is -0.650. The van der Waals surface area contributed by atoms with Gasteiger partial charge in [-0.25, -0.2) is 0 Å². The highest BCUT2D eigenvalue weighted by Crippen LogP contribution is 2.33. The molecule has 3 aliphatic rings. The first-order valence-electron chi connectivity index (χ1n) is 8.48. The molecule has 1 amide bonds. The first-order chi connectivity index (χ1) is 10.1. The van der Waals surface area contributed by atoms with Crippen LogP contribution in [0.25, 0.3) is 0 Å². The summed E-state index contributed by atoms with van der Waals surface area (Å²) in [5, 5.41) is 0. The van der Waals surface area contributed by atoms with Gasteiger partial charge in [0.15, 0.2) is 0 Å². The number of amides is 1.